The highest BCUT2D eigenvalue weighted by Crippen LogP contribution is 2.24. The molecule has 0 aliphatic rings. The Bertz CT molecular complexity index is 416. The minimum atomic E-state index is -4.80. The van der Waals surface area contributed by atoms with Gasteiger partial charge in [-0.25, -0.2) is 9.69 Å². The molecule has 8 heteroatoms. The van der Waals surface area contributed by atoms with Gasteiger partial charge >= 0.3 is 12.4 Å². The Morgan fingerprint density at radius 3 is 2.18 bits per heavy atom. The SMILES string of the molecule is NC(=O)N(C=O)c1ccc(OC(F)(F)F)cc1. The third kappa shape index (κ3) is 3.67. The van der Waals surface area contributed by atoms with Crippen molar-refractivity contribution in [1.29, 1.82) is 0 Å². The van der Waals surface area contributed by atoms with Crippen LogP contribution in [0.15, 0.2) is 24.3 Å². The van der Waals surface area contributed by atoms with Gasteiger partial charge in [0.15, 0.2) is 0 Å². The zero-order valence-corrected chi connectivity index (χ0v) is 8.27. The second-order valence-corrected chi connectivity index (χ2v) is 2.86. The molecule has 5 nitrogen and oxygen atoms in total. The topological polar surface area (TPSA) is 72.6 Å². The maximum Gasteiger partial charge on any atom is 0.573 e. The maximum atomic E-state index is 11.8. The Morgan fingerprint density at radius 1 is 1.29 bits per heavy atom. The molecule has 2 N–H and O–H groups in total. The normalized spacial score (nSPS) is 10.8. The Labute approximate surface area is 93.6 Å². The summed E-state index contributed by atoms with van der Waals surface area (Å²) < 4.78 is 39.1. The van der Waals surface area contributed by atoms with E-state index in [2.05, 4.69) is 4.74 Å². The number of nitrogens with two attached hydrogens (primary N) is 1. The third-order valence-corrected chi connectivity index (χ3v) is 1.69. The molecular weight excluding hydrogens is 241 g/mol. The lowest BCUT2D eigenvalue weighted by Gasteiger charge is -2.13. The minimum absolute atomic E-state index is 0.0435. The van der Waals surface area contributed by atoms with Crippen LogP contribution in [-0.2, 0) is 4.79 Å². The first kappa shape index (κ1) is 12.8. The molecule has 0 unspecified atom stereocenters. The van der Waals surface area contributed by atoms with E-state index in [9.17, 15) is 22.8 Å². The van der Waals surface area contributed by atoms with E-state index in [0.29, 0.717) is 4.90 Å². The van der Waals surface area contributed by atoms with Gasteiger partial charge in [-0.1, -0.05) is 0 Å². The first-order valence-corrected chi connectivity index (χ1v) is 4.23. The van der Waals surface area contributed by atoms with Gasteiger partial charge in [0.05, 0.1) is 5.69 Å². The highest BCUT2D eigenvalue weighted by Gasteiger charge is 2.31. The first-order chi connectivity index (χ1) is 7.83. The molecule has 0 radical (unpaired) electrons. The maximum absolute atomic E-state index is 11.8. The number of halogens is 3. The molecule has 0 aliphatic carbocycles. The van der Waals surface area contributed by atoms with Gasteiger partial charge in [0.1, 0.15) is 5.75 Å². The molecule has 0 spiro atoms. The summed E-state index contributed by atoms with van der Waals surface area (Å²) in [5.41, 5.74) is 4.91. The lowest BCUT2D eigenvalue weighted by atomic mass is 10.3. The molecule has 0 aromatic heterocycles. The van der Waals surface area contributed by atoms with Crippen molar-refractivity contribution in [1.82, 2.24) is 0 Å². The van der Waals surface area contributed by atoms with Gasteiger partial charge in [0.25, 0.3) is 0 Å². The number of primary amides is 1. The number of alkyl halides is 3. The second-order valence-electron chi connectivity index (χ2n) is 2.86. The molecule has 0 heterocycles. The summed E-state index contributed by atoms with van der Waals surface area (Å²) in [6.45, 7) is 0. The van der Waals surface area contributed by atoms with Gasteiger partial charge in [-0.2, -0.15) is 0 Å². The molecule has 1 rings (SSSR count). The van der Waals surface area contributed by atoms with Crippen LogP contribution in [0.1, 0.15) is 0 Å². The van der Waals surface area contributed by atoms with Gasteiger partial charge in [-0.3, -0.25) is 4.79 Å². The standard InChI is InChI=1S/C9H7F3N2O3/c10-9(11,12)17-7-3-1-6(2-4-7)14(5-15)8(13)16/h1-5H,(H2,13,16). The van der Waals surface area contributed by atoms with Crippen LogP contribution < -0.4 is 15.4 Å². The van der Waals surface area contributed by atoms with Crippen LogP contribution in [0.2, 0.25) is 0 Å². The summed E-state index contributed by atoms with van der Waals surface area (Å²) in [7, 11) is 0. The molecule has 0 saturated heterocycles. The summed E-state index contributed by atoms with van der Waals surface area (Å²) in [5, 5.41) is 0. The van der Waals surface area contributed by atoms with Gasteiger partial charge in [0.2, 0.25) is 6.41 Å². The van der Waals surface area contributed by atoms with Crippen LogP contribution in [0.4, 0.5) is 23.7 Å². The number of hydrogen-bond donors (Lipinski definition) is 1. The number of rotatable bonds is 3. The van der Waals surface area contributed by atoms with Crippen LogP contribution in [0, 0.1) is 0 Å². The van der Waals surface area contributed by atoms with Crippen LogP contribution in [0.25, 0.3) is 0 Å². The predicted octanol–water partition coefficient (Wildman–Crippen LogP) is 1.63. The fourth-order valence-corrected chi connectivity index (χ4v) is 1.05. The van der Waals surface area contributed by atoms with Crippen molar-refractivity contribution in [3.8, 4) is 5.75 Å². The monoisotopic (exact) mass is 248 g/mol. The molecule has 1 aromatic rings. The molecule has 0 aliphatic heterocycles. The average molecular weight is 248 g/mol. The van der Waals surface area contributed by atoms with Crippen LogP contribution in [0.5, 0.6) is 5.75 Å². The number of hydrogen-bond acceptors (Lipinski definition) is 3. The Morgan fingerprint density at radius 2 is 1.82 bits per heavy atom. The van der Waals surface area contributed by atoms with E-state index in [-0.39, 0.29) is 12.1 Å². The highest BCUT2D eigenvalue weighted by molar-refractivity contribution is 6.05. The molecule has 3 amide bonds. The quantitative estimate of drug-likeness (QED) is 0.826. The molecule has 17 heavy (non-hydrogen) atoms. The Balaban J connectivity index is 2.87. The van der Waals surface area contributed by atoms with Crippen LogP contribution >= 0.6 is 0 Å². The van der Waals surface area contributed by atoms with Crippen molar-refractivity contribution in [2.75, 3.05) is 4.90 Å². The zero-order chi connectivity index (χ0) is 13.1. The molecular formula is C9H7F3N2O3. The van der Waals surface area contributed by atoms with Gasteiger partial charge < -0.3 is 10.5 Å². The van der Waals surface area contributed by atoms with E-state index >= 15 is 0 Å². The summed E-state index contributed by atoms with van der Waals surface area (Å²) in [6, 6.07) is 3.08. The Hall–Kier alpha value is -2.25. The van der Waals surface area contributed by atoms with Crippen molar-refractivity contribution in [2.24, 2.45) is 5.73 Å². The van der Waals surface area contributed by atoms with Crippen molar-refractivity contribution in [3.05, 3.63) is 24.3 Å². The molecule has 0 fully saturated rings. The molecule has 0 saturated carbocycles. The summed E-state index contributed by atoms with van der Waals surface area (Å²) in [5.74, 6) is -0.462. The fourth-order valence-electron chi connectivity index (χ4n) is 1.05. The fraction of sp³-hybridized carbons (Fsp3) is 0.111. The molecule has 0 bridgehead atoms. The lowest BCUT2D eigenvalue weighted by molar-refractivity contribution is -0.274. The van der Waals surface area contributed by atoms with Crippen molar-refractivity contribution >= 4 is 18.1 Å². The van der Waals surface area contributed by atoms with Crippen molar-refractivity contribution in [3.63, 3.8) is 0 Å². The number of carbonyl (C=O) groups excluding carboxylic acids is 2. The summed E-state index contributed by atoms with van der Waals surface area (Å²) >= 11 is 0. The number of amides is 3. The number of benzene rings is 1. The number of urea groups is 1. The highest BCUT2D eigenvalue weighted by atomic mass is 19.4. The lowest BCUT2D eigenvalue weighted by Crippen LogP contribution is -2.34. The zero-order valence-electron chi connectivity index (χ0n) is 8.27. The average Bonchev–Trinajstić information content (AvgIpc) is 2.18. The van der Waals surface area contributed by atoms with Crippen molar-refractivity contribution < 1.29 is 27.5 Å². The minimum Gasteiger partial charge on any atom is -0.406 e. The van der Waals surface area contributed by atoms with E-state index in [1.165, 1.54) is 0 Å². The largest absolute Gasteiger partial charge is 0.573 e. The van der Waals surface area contributed by atoms with Gasteiger partial charge in [0, 0.05) is 0 Å². The number of imide groups is 1. The molecule has 1 aromatic carbocycles. The summed E-state index contributed by atoms with van der Waals surface area (Å²) in [4.78, 5) is 21.8. The molecule has 0 atom stereocenters. The predicted molar refractivity (Wildman–Crippen MR) is 51.3 cm³/mol. The third-order valence-electron chi connectivity index (χ3n) is 1.69. The number of carbonyl (C=O) groups is 2. The Kier molecular flexibility index (Phi) is 3.56. The van der Waals surface area contributed by atoms with Crippen LogP contribution in [0.3, 0.4) is 0 Å². The summed E-state index contributed by atoms with van der Waals surface area (Å²) in [6.07, 6.45) is -4.64. The van der Waals surface area contributed by atoms with Crippen molar-refractivity contribution in [2.45, 2.75) is 6.36 Å². The van der Waals surface area contributed by atoms with Crippen LogP contribution in [-0.4, -0.2) is 18.8 Å². The first-order valence-electron chi connectivity index (χ1n) is 4.23. The van der Waals surface area contributed by atoms with E-state index < -0.39 is 18.1 Å². The van der Waals surface area contributed by atoms with E-state index in [0.717, 1.165) is 24.3 Å². The van der Waals surface area contributed by atoms with E-state index in [1.807, 2.05) is 0 Å². The van der Waals surface area contributed by atoms with Gasteiger partial charge in [-0.15, -0.1) is 13.2 Å². The number of nitrogens with zero attached hydrogens (tertiary/aromatic N) is 1. The number of anilines is 1. The molecule has 92 valence electrons. The number of ether oxygens (including phenoxy) is 1. The second kappa shape index (κ2) is 4.73. The van der Waals surface area contributed by atoms with Gasteiger partial charge in [-0.05, 0) is 24.3 Å². The smallest absolute Gasteiger partial charge is 0.406 e. The van der Waals surface area contributed by atoms with E-state index in [4.69, 9.17) is 5.73 Å². The van der Waals surface area contributed by atoms with E-state index in [1.54, 1.807) is 0 Å².